The minimum atomic E-state index is 0. The fourth-order valence-electron chi connectivity index (χ4n) is 0.285. The van der Waals surface area contributed by atoms with Gasteiger partial charge in [-0.2, -0.15) is 0 Å². The van der Waals surface area contributed by atoms with Crippen LogP contribution in [-0.2, 0) is 19.5 Å². The van der Waals surface area contributed by atoms with Crippen molar-refractivity contribution in [3.8, 4) is 0 Å². The van der Waals surface area contributed by atoms with E-state index in [9.17, 15) is 0 Å². The third-order valence-electron chi connectivity index (χ3n) is 0.572. The van der Waals surface area contributed by atoms with E-state index in [0.717, 1.165) is 11.5 Å². The molecule has 0 aliphatic rings. The smallest absolute Gasteiger partial charge is 0.131 e. The van der Waals surface area contributed by atoms with Crippen molar-refractivity contribution in [3.63, 3.8) is 0 Å². The normalized spacial score (nSPS) is 7.67. The molecule has 0 saturated carbocycles. The number of thiocarbonyl (C=S) groups is 2. The fourth-order valence-corrected chi connectivity index (χ4v) is 1.85. The first-order valence-electron chi connectivity index (χ1n) is 2.47. The average Bonchev–Trinajstić information content (AvgIpc) is 1.79. The third-order valence-corrected chi connectivity index (χ3v) is 2.92. The third kappa shape index (κ3) is 17.2. The maximum Gasteiger partial charge on any atom is 0.131 e. The van der Waals surface area contributed by atoms with Gasteiger partial charge in [0.1, 0.15) is 8.64 Å². The molecule has 0 atom stereocenters. The van der Waals surface area contributed by atoms with Crippen molar-refractivity contribution >= 4 is 56.6 Å². The van der Waals surface area contributed by atoms with Gasteiger partial charge in [-0.05, 0) is 0 Å². The summed E-state index contributed by atoms with van der Waals surface area (Å²) in [5, 5.41) is 0. The predicted octanol–water partition coefficient (Wildman–Crippen LogP) is 1.10. The van der Waals surface area contributed by atoms with Gasteiger partial charge >= 0.3 is 0 Å². The molecule has 0 amide bonds. The number of rotatable bonds is 3. The fraction of sp³-hybridized carbons (Fsp3) is 0.500. The van der Waals surface area contributed by atoms with Crippen LogP contribution < -0.4 is 17.6 Å². The molecule has 0 bridgehead atoms. The predicted molar refractivity (Wildman–Crippen MR) is 63.5 cm³/mol. The van der Waals surface area contributed by atoms with Crippen LogP contribution in [0.1, 0.15) is 0 Å². The molecule has 68 valence electrons. The summed E-state index contributed by atoms with van der Waals surface area (Å²) in [6, 6.07) is 0. The molecule has 0 radical (unpaired) electrons. The average molecular weight is 295 g/mol. The van der Waals surface area contributed by atoms with Crippen LogP contribution >= 0.6 is 48.0 Å². The molecular formula is C4H11N3S4Zn. The molecule has 0 aromatic rings. The number of hydrogen-bond donors (Lipinski definition) is 3. The van der Waals surface area contributed by atoms with Crippen molar-refractivity contribution in [2.75, 3.05) is 11.5 Å². The summed E-state index contributed by atoms with van der Waals surface area (Å²) in [6.07, 6.45) is 0. The first kappa shape index (κ1) is 18.8. The molecule has 8 heteroatoms. The van der Waals surface area contributed by atoms with Crippen molar-refractivity contribution in [3.05, 3.63) is 0 Å². The van der Waals surface area contributed by atoms with Crippen molar-refractivity contribution in [1.29, 1.82) is 0 Å². The summed E-state index contributed by atoms with van der Waals surface area (Å²) >= 11 is 12.2. The molecule has 7 N–H and O–H groups in total. The largest absolute Gasteiger partial charge is 0.385 e. The van der Waals surface area contributed by atoms with Gasteiger partial charge in [-0.1, -0.05) is 48.0 Å². The molecule has 0 aliphatic carbocycles. The van der Waals surface area contributed by atoms with Gasteiger partial charge in [-0.25, -0.2) is 0 Å². The molecule has 12 heavy (non-hydrogen) atoms. The molecule has 0 rings (SSSR count). The van der Waals surface area contributed by atoms with Crippen LogP contribution in [0.25, 0.3) is 0 Å². The Hall–Kier alpha value is 1.06. The SMILES string of the molecule is N.NC(=S)SCCSC(N)=S.[Zn]. The molecule has 0 spiro atoms. The minimum absolute atomic E-state index is 0. The monoisotopic (exact) mass is 293 g/mol. The van der Waals surface area contributed by atoms with E-state index in [4.69, 9.17) is 11.5 Å². The van der Waals surface area contributed by atoms with Gasteiger partial charge in [0, 0.05) is 31.0 Å². The molecular weight excluding hydrogens is 284 g/mol. The van der Waals surface area contributed by atoms with Gasteiger partial charge in [0.2, 0.25) is 0 Å². The zero-order valence-electron chi connectivity index (χ0n) is 6.62. The summed E-state index contributed by atoms with van der Waals surface area (Å²) in [5.74, 6) is 1.74. The Morgan fingerprint density at radius 1 is 1.00 bits per heavy atom. The first-order chi connectivity index (χ1) is 4.63. The molecule has 0 aromatic heterocycles. The topological polar surface area (TPSA) is 87.0 Å². The van der Waals surface area contributed by atoms with Crippen molar-refractivity contribution in [1.82, 2.24) is 6.15 Å². The van der Waals surface area contributed by atoms with E-state index in [0.29, 0.717) is 8.64 Å². The van der Waals surface area contributed by atoms with Crippen molar-refractivity contribution < 1.29 is 19.5 Å². The van der Waals surface area contributed by atoms with Gasteiger partial charge in [0.05, 0.1) is 0 Å². The standard InChI is InChI=1S/C4H8N2S4.H3N.Zn/c5-3(7)9-1-2-10-4(6)8;;/h1-2H2,(H2,5,7)(H2,6,8);1H3;. The summed E-state index contributed by atoms with van der Waals surface area (Å²) in [5.41, 5.74) is 10.5. The Morgan fingerprint density at radius 2 is 1.25 bits per heavy atom. The second kappa shape index (κ2) is 12.1. The summed E-state index contributed by atoms with van der Waals surface area (Å²) in [7, 11) is 0. The second-order valence-corrected chi connectivity index (χ2v) is 5.00. The molecule has 0 heterocycles. The van der Waals surface area contributed by atoms with Crippen LogP contribution in [0.4, 0.5) is 0 Å². The van der Waals surface area contributed by atoms with E-state index in [1.165, 1.54) is 23.5 Å². The van der Waals surface area contributed by atoms with E-state index in [2.05, 4.69) is 24.4 Å². The molecule has 0 aliphatic heterocycles. The van der Waals surface area contributed by atoms with Crippen molar-refractivity contribution in [2.24, 2.45) is 11.5 Å². The molecule has 0 unspecified atom stereocenters. The van der Waals surface area contributed by atoms with Crippen LogP contribution in [0.15, 0.2) is 0 Å². The van der Waals surface area contributed by atoms with Crippen LogP contribution in [0.5, 0.6) is 0 Å². The van der Waals surface area contributed by atoms with Crippen molar-refractivity contribution in [2.45, 2.75) is 0 Å². The van der Waals surface area contributed by atoms with Gasteiger partial charge in [0.25, 0.3) is 0 Å². The van der Waals surface area contributed by atoms with Crippen LogP contribution in [-0.4, -0.2) is 20.1 Å². The van der Waals surface area contributed by atoms with E-state index >= 15 is 0 Å². The first-order valence-corrected chi connectivity index (χ1v) is 5.26. The van der Waals surface area contributed by atoms with E-state index in [-0.39, 0.29) is 25.6 Å². The Labute approximate surface area is 104 Å². The zero-order valence-corrected chi connectivity index (χ0v) is 12.8. The van der Waals surface area contributed by atoms with Crippen LogP contribution in [0.3, 0.4) is 0 Å². The molecule has 0 aromatic carbocycles. The molecule has 0 saturated heterocycles. The summed E-state index contributed by atoms with van der Waals surface area (Å²) in [4.78, 5) is 0. The van der Waals surface area contributed by atoms with Crippen LogP contribution in [0, 0.1) is 0 Å². The minimum Gasteiger partial charge on any atom is -0.385 e. The number of nitrogens with two attached hydrogens (primary N) is 2. The van der Waals surface area contributed by atoms with Gasteiger partial charge in [0.15, 0.2) is 0 Å². The Balaban J connectivity index is -0.000000405. The van der Waals surface area contributed by atoms with Gasteiger partial charge < -0.3 is 17.6 Å². The molecule has 0 fully saturated rings. The maximum atomic E-state index is 5.23. The van der Waals surface area contributed by atoms with E-state index < -0.39 is 0 Å². The zero-order chi connectivity index (χ0) is 7.98. The Kier molecular flexibility index (Phi) is 18.9. The van der Waals surface area contributed by atoms with Crippen LogP contribution in [0.2, 0.25) is 0 Å². The second-order valence-electron chi connectivity index (χ2n) is 1.33. The Bertz CT molecular complexity index is 126. The van der Waals surface area contributed by atoms with Gasteiger partial charge in [-0.15, -0.1) is 0 Å². The number of hydrogen-bond acceptors (Lipinski definition) is 5. The van der Waals surface area contributed by atoms with Gasteiger partial charge in [-0.3, -0.25) is 0 Å². The summed E-state index contributed by atoms with van der Waals surface area (Å²) in [6.45, 7) is 0. The maximum absolute atomic E-state index is 5.23. The Morgan fingerprint density at radius 3 is 1.42 bits per heavy atom. The van der Waals surface area contributed by atoms with E-state index in [1.807, 2.05) is 0 Å². The molecule has 3 nitrogen and oxygen atoms in total. The summed E-state index contributed by atoms with van der Waals surface area (Å²) < 4.78 is 0.951. The van der Waals surface area contributed by atoms with E-state index in [1.54, 1.807) is 0 Å². The quantitative estimate of drug-likeness (QED) is 0.408. The number of thioether (sulfide) groups is 2.